The van der Waals surface area contributed by atoms with Gasteiger partial charge in [0.25, 0.3) is 0 Å². The Morgan fingerprint density at radius 2 is 1.03 bits per heavy atom. The predicted molar refractivity (Wildman–Crippen MR) is 219 cm³/mol. The van der Waals surface area contributed by atoms with Gasteiger partial charge in [-0.05, 0) is 48.0 Å². The van der Waals surface area contributed by atoms with Crippen molar-refractivity contribution in [2.45, 2.75) is 37.6 Å². The van der Waals surface area contributed by atoms with Crippen LogP contribution in [0.1, 0.15) is 49.1 Å². The summed E-state index contributed by atoms with van der Waals surface area (Å²) in [4.78, 5) is 27.8. The van der Waals surface area contributed by atoms with Gasteiger partial charge in [0, 0.05) is 59.7 Å². The second-order valence-electron chi connectivity index (χ2n) is 15.0. The number of rotatable bonds is 10. The number of phenols is 17. The van der Waals surface area contributed by atoms with Crippen molar-refractivity contribution < 1.29 is 111 Å². The zero-order valence-electron chi connectivity index (χ0n) is 33.3. The minimum atomic E-state index is -1.76. The van der Waals surface area contributed by atoms with Crippen LogP contribution in [0.15, 0.2) is 60.7 Å². The Labute approximate surface area is 368 Å². The molecular weight excluding hydrogens is 880 g/mol. The van der Waals surface area contributed by atoms with Gasteiger partial charge >= 0.3 is 11.9 Å². The SMILES string of the molecule is O=C(OC1Cc2c(O)cc(O)c(-c3c(C(=O)OC(Cc4cc(O)c(O)c(O)c4)Cc4c(O)cc(O)cc4O)cc(O)c(O)c3O)c2OC1c1cc(O)c(O)c(O)c1)c1cc(O)c(O)c(O)c1. The molecule has 0 saturated carbocycles. The quantitative estimate of drug-likeness (QED) is 0.0674. The van der Waals surface area contributed by atoms with E-state index in [1.807, 2.05) is 0 Å². The second kappa shape index (κ2) is 16.7. The lowest BCUT2D eigenvalue weighted by atomic mass is 9.88. The number of carbonyl (C=O) groups excluding carboxylic acids is 2. The maximum Gasteiger partial charge on any atom is 0.339 e. The Hall–Kier alpha value is -9.34. The van der Waals surface area contributed by atoms with Crippen molar-refractivity contribution in [2.75, 3.05) is 0 Å². The molecule has 344 valence electrons. The molecule has 6 aromatic rings. The number of ether oxygens (including phenoxy) is 3. The Morgan fingerprint density at radius 3 is 1.59 bits per heavy atom. The van der Waals surface area contributed by atoms with Gasteiger partial charge in [-0.15, -0.1) is 0 Å². The fourth-order valence-corrected chi connectivity index (χ4v) is 7.39. The van der Waals surface area contributed by atoms with Crippen LogP contribution in [0, 0.1) is 0 Å². The number of benzene rings is 6. The van der Waals surface area contributed by atoms with Crippen molar-refractivity contribution in [1.29, 1.82) is 0 Å². The molecule has 22 nitrogen and oxygen atoms in total. The molecule has 0 bridgehead atoms. The van der Waals surface area contributed by atoms with E-state index in [9.17, 15) is 96.4 Å². The summed E-state index contributed by atoms with van der Waals surface area (Å²) in [6, 6.07) is 8.09. The van der Waals surface area contributed by atoms with E-state index < -0.39 is 175 Å². The van der Waals surface area contributed by atoms with Gasteiger partial charge < -0.3 is 101 Å². The lowest BCUT2D eigenvalue weighted by Crippen LogP contribution is -2.35. The number of hydrogen-bond donors (Lipinski definition) is 17. The number of hydrogen-bond acceptors (Lipinski definition) is 22. The average molecular weight is 917 g/mol. The topological polar surface area (TPSA) is 406 Å². The first kappa shape index (κ1) is 44.7. The molecule has 0 amide bonds. The Balaban J connectivity index is 1.36. The molecule has 3 atom stereocenters. The van der Waals surface area contributed by atoms with E-state index in [0.29, 0.717) is 12.1 Å². The largest absolute Gasteiger partial charge is 0.508 e. The molecule has 0 saturated heterocycles. The van der Waals surface area contributed by atoms with Crippen LogP contribution in [0.2, 0.25) is 0 Å². The lowest BCUT2D eigenvalue weighted by molar-refractivity contribution is -0.0187. The molecule has 7 rings (SSSR count). The van der Waals surface area contributed by atoms with Gasteiger partial charge in [0.05, 0.1) is 16.7 Å². The molecule has 1 heterocycles. The van der Waals surface area contributed by atoms with E-state index in [0.717, 1.165) is 48.5 Å². The zero-order valence-corrected chi connectivity index (χ0v) is 33.3. The zero-order chi connectivity index (χ0) is 48.2. The molecule has 3 unspecified atom stereocenters. The van der Waals surface area contributed by atoms with Gasteiger partial charge in [-0.2, -0.15) is 0 Å². The monoisotopic (exact) mass is 916 g/mol. The van der Waals surface area contributed by atoms with Gasteiger partial charge in [-0.25, -0.2) is 9.59 Å². The van der Waals surface area contributed by atoms with Crippen molar-refractivity contribution in [3.8, 4) is 115 Å². The third-order valence-electron chi connectivity index (χ3n) is 10.5. The van der Waals surface area contributed by atoms with E-state index in [1.165, 1.54) is 0 Å². The van der Waals surface area contributed by atoms with E-state index >= 15 is 0 Å². The summed E-state index contributed by atoms with van der Waals surface area (Å²) in [5.41, 5.74) is -3.93. The molecule has 0 aromatic heterocycles. The Bertz CT molecular complexity index is 2890. The number of aromatic hydroxyl groups is 17. The molecule has 0 aliphatic carbocycles. The predicted octanol–water partition coefficient (Wildman–Crippen LogP) is 4.26. The van der Waals surface area contributed by atoms with Gasteiger partial charge in [-0.3, -0.25) is 0 Å². The number of carbonyl (C=O) groups is 2. The van der Waals surface area contributed by atoms with Crippen molar-refractivity contribution in [3.05, 3.63) is 94.0 Å². The van der Waals surface area contributed by atoms with Crippen LogP contribution in [0.3, 0.4) is 0 Å². The summed E-state index contributed by atoms with van der Waals surface area (Å²) >= 11 is 0. The van der Waals surface area contributed by atoms with Crippen LogP contribution in [0.5, 0.6) is 103 Å². The van der Waals surface area contributed by atoms with Gasteiger partial charge in [0.15, 0.2) is 69.3 Å². The van der Waals surface area contributed by atoms with Crippen LogP contribution in [-0.4, -0.2) is 111 Å². The maximum absolute atomic E-state index is 14.4. The van der Waals surface area contributed by atoms with E-state index in [1.54, 1.807) is 0 Å². The lowest BCUT2D eigenvalue weighted by Gasteiger charge is -2.35. The first-order chi connectivity index (χ1) is 31.0. The van der Waals surface area contributed by atoms with Crippen LogP contribution >= 0.6 is 0 Å². The van der Waals surface area contributed by atoms with Crippen LogP contribution < -0.4 is 4.74 Å². The molecule has 6 aromatic carbocycles. The molecule has 1 aliphatic rings. The van der Waals surface area contributed by atoms with Gasteiger partial charge in [0.2, 0.25) is 5.75 Å². The summed E-state index contributed by atoms with van der Waals surface area (Å²) in [5.74, 6) is -19.0. The minimum absolute atomic E-state index is 0.0137. The summed E-state index contributed by atoms with van der Waals surface area (Å²) in [6.07, 6.45) is -6.69. The first-order valence-electron chi connectivity index (χ1n) is 19.0. The van der Waals surface area contributed by atoms with Crippen molar-refractivity contribution in [2.24, 2.45) is 0 Å². The Kier molecular flexibility index (Phi) is 11.3. The summed E-state index contributed by atoms with van der Waals surface area (Å²) in [5, 5.41) is 178. The summed E-state index contributed by atoms with van der Waals surface area (Å²) in [6.45, 7) is 0. The van der Waals surface area contributed by atoms with Crippen LogP contribution in [-0.2, 0) is 28.7 Å². The highest BCUT2D eigenvalue weighted by molar-refractivity contribution is 6.03. The third-order valence-corrected chi connectivity index (χ3v) is 10.5. The molecule has 0 fully saturated rings. The van der Waals surface area contributed by atoms with Crippen molar-refractivity contribution in [3.63, 3.8) is 0 Å². The van der Waals surface area contributed by atoms with Crippen LogP contribution in [0.25, 0.3) is 11.1 Å². The molecule has 1 aliphatic heterocycles. The molecule has 0 radical (unpaired) electrons. The Morgan fingerprint density at radius 1 is 0.515 bits per heavy atom. The van der Waals surface area contributed by atoms with Crippen molar-refractivity contribution >= 4 is 11.9 Å². The molecule has 66 heavy (non-hydrogen) atoms. The highest BCUT2D eigenvalue weighted by Crippen LogP contribution is 2.56. The fourth-order valence-electron chi connectivity index (χ4n) is 7.39. The standard InChI is InChI=1S/C44H36O22/c45-17-8-22(46)19(23(47)9-17)10-18(1-14-2-26(50)36(57)27(51)3-14)64-44(63)21-11-32(56)39(60)40(61)34(21)35-25(49)13-24(48)20-12-33(65-43(62)16-6-30(54)38(59)31(55)7-16)41(66-42(20)35)15-4-28(52)37(58)29(53)5-15/h2-9,11,13,18,33,41,45-61H,1,10,12H2. The first-order valence-corrected chi connectivity index (χ1v) is 19.0. The maximum atomic E-state index is 14.4. The van der Waals surface area contributed by atoms with E-state index in [-0.39, 0.29) is 22.3 Å². The smallest absolute Gasteiger partial charge is 0.339 e. The average Bonchev–Trinajstić information content (AvgIpc) is 3.24. The van der Waals surface area contributed by atoms with Crippen molar-refractivity contribution in [1.82, 2.24) is 0 Å². The minimum Gasteiger partial charge on any atom is -0.508 e. The second-order valence-corrected chi connectivity index (χ2v) is 15.0. The molecule has 17 N–H and O–H groups in total. The number of fused-ring (bicyclic) bond motifs is 1. The highest BCUT2D eigenvalue weighted by atomic mass is 16.6. The number of phenolic OH excluding ortho intramolecular Hbond substituents is 17. The molecular formula is C44H36O22. The van der Waals surface area contributed by atoms with E-state index in [4.69, 9.17) is 14.2 Å². The van der Waals surface area contributed by atoms with Crippen LogP contribution in [0.4, 0.5) is 0 Å². The molecule has 22 heteroatoms. The summed E-state index contributed by atoms with van der Waals surface area (Å²) < 4.78 is 17.6. The normalized spacial score (nSPS) is 14.7. The van der Waals surface area contributed by atoms with Gasteiger partial charge in [0.1, 0.15) is 46.7 Å². The van der Waals surface area contributed by atoms with E-state index in [2.05, 4.69) is 0 Å². The summed E-state index contributed by atoms with van der Waals surface area (Å²) in [7, 11) is 0. The highest BCUT2D eigenvalue weighted by Gasteiger charge is 2.41. The third kappa shape index (κ3) is 8.19. The van der Waals surface area contributed by atoms with Gasteiger partial charge in [-0.1, -0.05) is 0 Å². The fraction of sp³-hybridized carbons (Fsp3) is 0.136. The number of esters is 2. The molecule has 0 spiro atoms.